The van der Waals surface area contributed by atoms with Gasteiger partial charge in [0.15, 0.2) is 0 Å². The van der Waals surface area contributed by atoms with Gasteiger partial charge in [-0.25, -0.2) is 0 Å². The molecule has 2 aromatic carbocycles. The van der Waals surface area contributed by atoms with Gasteiger partial charge in [0.2, 0.25) is 0 Å². The molecule has 0 aliphatic heterocycles. The van der Waals surface area contributed by atoms with Gasteiger partial charge in [-0.05, 0) is 46.6 Å². The summed E-state index contributed by atoms with van der Waals surface area (Å²) >= 11 is 0. The molecule has 0 fully saturated rings. The third-order valence-corrected chi connectivity index (χ3v) is 13.0. The Morgan fingerprint density at radius 2 is 1.41 bits per heavy atom. The van der Waals surface area contributed by atoms with E-state index in [0.29, 0.717) is 5.19 Å². The quantitative estimate of drug-likeness (QED) is 0.268. The van der Waals surface area contributed by atoms with Gasteiger partial charge in [-0.2, -0.15) is 21.6 Å². The summed E-state index contributed by atoms with van der Waals surface area (Å²) in [6.45, 7) is 8.13. The lowest BCUT2D eigenvalue weighted by atomic mass is 10.3. The lowest BCUT2D eigenvalue weighted by Crippen LogP contribution is -2.65. The number of hydrogen-bond acceptors (Lipinski definition) is 3. The van der Waals surface area contributed by atoms with Crippen LogP contribution in [0.25, 0.3) is 5.69 Å². The number of alkyl halides is 3. The second-order valence-corrected chi connectivity index (χ2v) is 14.9. The first kappa shape index (κ1) is 24.1. The fourth-order valence-corrected chi connectivity index (χ4v) is 11.1. The molecule has 9 heteroatoms. The summed E-state index contributed by atoms with van der Waals surface area (Å²) in [5.74, 6) is -0.264. The van der Waals surface area contributed by atoms with Crippen LogP contribution in [0.15, 0.2) is 72.9 Å². The zero-order chi connectivity index (χ0) is 23.7. The normalized spacial score (nSPS) is 13.0. The van der Waals surface area contributed by atoms with Gasteiger partial charge in [-0.1, -0.05) is 64.1 Å². The highest BCUT2D eigenvalue weighted by atomic mass is 32.2. The first-order chi connectivity index (χ1) is 14.9. The maximum atomic E-state index is 13.1. The number of halogens is 3. The van der Waals surface area contributed by atoms with Gasteiger partial charge in [0.25, 0.3) is 0 Å². The fourth-order valence-electron chi connectivity index (χ4n) is 4.60. The fraction of sp³-hybridized carbons (Fsp3) is 0.304. The number of benzene rings is 2. The molecule has 3 aromatic rings. The van der Waals surface area contributed by atoms with Crippen molar-refractivity contribution < 1.29 is 25.8 Å². The molecule has 1 aromatic heterocycles. The van der Waals surface area contributed by atoms with E-state index < -0.39 is 23.7 Å². The van der Waals surface area contributed by atoms with Gasteiger partial charge in [-0.15, -0.1) is 0 Å². The maximum absolute atomic E-state index is 13.1. The highest BCUT2D eigenvalue weighted by molar-refractivity contribution is 7.88. The van der Waals surface area contributed by atoms with Crippen LogP contribution in [0.1, 0.15) is 27.7 Å². The highest BCUT2D eigenvalue weighted by Gasteiger charge is 2.51. The van der Waals surface area contributed by atoms with Crippen LogP contribution in [-0.4, -0.2) is 26.6 Å². The van der Waals surface area contributed by atoms with E-state index in [2.05, 4.69) is 0 Å². The van der Waals surface area contributed by atoms with Crippen LogP contribution in [0.5, 0.6) is 5.75 Å². The summed E-state index contributed by atoms with van der Waals surface area (Å²) in [5, 5.41) is 1.49. The SMILES string of the molecule is CC(C)[Si](c1ccccc1OS(=O)(=O)C(F)(F)F)(c1cccn1-c1ccccc1)C(C)C. The Kier molecular flexibility index (Phi) is 6.62. The third kappa shape index (κ3) is 4.11. The molecule has 0 saturated carbocycles. The number of hydrogen-bond donors (Lipinski definition) is 0. The van der Waals surface area contributed by atoms with Crippen LogP contribution in [0.4, 0.5) is 13.2 Å². The first-order valence-electron chi connectivity index (χ1n) is 10.3. The minimum atomic E-state index is -5.80. The molecule has 172 valence electrons. The van der Waals surface area contributed by atoms with Crippen molar-refractivity contribution in [2.24, 2.45) is 0 Å². The van der Waals surface area contributed by atoms with Crippen LogP contribution in [0, 0.1) is 0 Å². The van der Waals surface area contributed by atoms with Crippen molar-refractivity contribution >= 4 is 28.7 Å². The van der Waals surface area contributed by atoms with Gasteiger partial charge in [0, 0.05) is 17.2 Å². The largest absolute Gasteiger partial charge is 0.534 e. The Balaban J connectivity index is 2.31. The molecule has 0 bridgehead atoms. The smallest absolute Gasteiger partial charge is 0.376 e. The molecule has 0 aliphatic carbocycles. The molecule has 32 heavy (non-hydrogen) atoms. The van der Waals surface area contributed by atoms with E-state index >= 15 is 0 Å². The van der Waals surface area contributed by atoms with Gasteiger partial charge in [0.05, 0.1) is 0 Å². The Morgan fingerprint density at radius 1 is 0.844 bits per heavy atom. The number of aromatic nitrogens is 1. The van der Waals surface area contributed by atoms with Crippen molar-refractivity contribution in [2.45, 2.75) is 44.3 Å². The molecule has 0 atom stereocenters. The first-order valence-corrected chi connectivity index (χ1v) is 13.8. The molecule has 0 N–H and O–H groups in total. The summed E-state index contributed by atoms with van der Waals surface area (Å²) in [5.41, 5.74) is -4.53. The van der Waals surface area contributed by atoms with Crippen LogP contribution >= 0.6 is 0 Å². The van der Waals surface area contributed by atoms with E-state index in [9.17, 15) is 21.6 Å². The maximum Gasteiger partial charge on any atom is 0.534 e. The average Bonchev–Trinajstić information content (AvgIpc) is 3.19. The second kappa shape index (κ2) is 8.78. The molecule has 0 radical (unpaired) electrons. The Labute approximate surface area is 187 Å². The van der Waals surface area contributed by atoms with Crippen LogP contribution < -0.4 is 14.7 Å². The Bertz CT molecular complexity index is 1160. The van der Waals surface area contributed by atoms with Crippen molar-refractivity contribution in [1.29, 1.82) is 0 Å². The van der Waals surface area contributed by atoms with Crippen molar-refractivity contribution in [2.75, 3.05) is 0 Å². The zero-order valence-electron chi connectivity index (χ0n) is 18.3. The summed E-state index contributed by atoms with van der Waals surface area (Å²) in [7, 11) is -8.68. The van der Waals surface area contributed by atoms with E-state index in [1.807, 2.05) is 80.9 Å². The van der Waals surface area contributed by atoms with Crippen molar-refractivity contribution in [3.05, 3.63) is 72.9 Å². The third-order valence-electron chi connectivity index (χ3n) is 5.84. The molecule has 4 nitrogen and oxygen atoms in total. The summed E-state index contributed by atoms with van der Waals surface area (Å²) in [6.07, 6.45) is 1.92. The lowest BCUT2D eigenvalue weighted by Gasteiger charge is -2.41. The van der Waals surface area contributed by atoms with Crippen LogP contribution in [0.2, 0.25) is 11.1 Å². The van der Waals surface area contributed by atoms with Crippen LogP contribution in [-0.2, 0) is 10.1 Å². The molecule has 3 rings (SSSR count). The van der Waals surface area contributed by atoms with E-state index in [1.54, 1.807) is 12.1 Å². The molecular formula is C23H26F3NO3SSi. The van der Waals surface area contributed by atoms with Gasteiger partial charge in [0.1, 0.15) is 13.8 Å². The lowest BCUT2D eigenvalue weighted by molar-refractivity contribution is -0.0499. The zero-order valence-corrected chi connectivity index (χ0v) is 20.1. The molecule has 0 saturated heterocycles. The summed E-state index contributed by atoms with van der Waals surface area (Å²) in [6, 6.07) is 19.8. The van der Waals surface area contributed by atoms with E-state index in [4.69, 9.17) is 4.18 Å². The van der Waals surface area contributed by atoms with E-state index in [-0.39, 0.29) is 16.8 Å². The molecule has 0 spiro atoms. The van der Waals surface area contributed by atoms with Gasteiger partial charge in [-0.3, -0.25) is 0 Å². The second-order valence-electron chi connectivity index (χ2n) is 8.26. The monoisotopic (exact) mass is 481 g/mol. The van der Waals surface area contributed by atoms with Crippen molar-refractivity contribution in [3.63, 3.8) is 0 Å². The van der Waals surface area contributed by atoms with E-state index in [1.165, 1.54) is 12.1 Å². The van der Waals surface area contributed by atoms with E-state index in [0.717, 1.165) is 11.0 Å². The number of rotatable bonds is 7. The molecule has 1 heterocycles. The van der Waals surface area contributed by atoms with Crippen molar-refractivity contribution in [1.82, 2.24) is 4.57 Å². The molecule has 0 unspecified atom stereocenters. The van der Waals surface area contributed by atoms with Gasteiger partial charge < -0.3 is 8.75 Å². The van der Waals surface area contributed by atoms with Gasteiger partial charge >= 0.3 is 15.6 Å². The number of nitrogens with zero attached hydrogens (tertiary/aromatic N) is 1. The average molecular weight is 482 g/mol. The Morgan fingerprint density at radius 3 is 1.97 bits per heavy atom. The van der Waals surface area contributed by atoms with Crippen LogP contribution in [0.3, 0.4) is 0 Å². The highest BCUT2D eigenvalue weighted by Crippen LogP contribution is 2.36. The minimum absolute atomic E-state index is 0.0261. The number of para-hydroxylation sites is 2. The molecular weight excluding hydrogens is 455 g/mol. The molecule has 0 aliphatic rings. The van der Waals surface area contributed by atoms with Crippen molar-refractivity contribution in [3.8, 4) is 11.4 Å². The molecule has 0 amide bonds. The Hall–Kier alpha value is -2.52. The predicted octanol–water partition coefficient (Wildman–Crippen LogP) is 5.09. The summed E-state index contributed by atoms with van der Waals surface area (Å²) < 4.78 is 69.9. The minimum Gasteiger partial charge on any atom is -0.376 e. The predicted molar refractivity (Wildman–Crippen MR) is 123 cm³/mol. The standard InChI is InChI=1S/C23H26F3NO3SSi/c1-17(2)32(18(3)4,22-15-10-16-27(22)19-11-6-5-7-12-19)21-14-9-8-13-20(21)30-31(28,29)23(24,25)26/h5-18H,1-4H3. The topological polar surface area (TPSA) is 48.3 Å². The summed E-state index contributed by atoms with van der Waals surface area (Å²) in [4.78, 5) is 0.